The Morgan fingerprint density at radius 2 is 0.950 bits per heavy atom. The number of aromatic nitrogens is 3. The fourth-order valence-electron chi connectivity index (χ4n) is 7.23. The van der Waals surface area contributed by atoms with E-state index in [2.05, 4.69) is 62.7 Å². The fraction of sp³-hybridized carbons (Fsp3) is 0.143. The van der Waals surface area contributed by atoms with Crippen LogP contribution >= 0.6 is 82.6 Å². The number of rotatable bonds is 2. The van der Waals surface area contributed by atoms with Crippen LogP contribution in [0.5, 0.6) is 0 Å². The van der Waals surface area contributed by atoms with Crippen molar-refractivity contribution in [3.63, 3.8) is 0 Å². The highest BCUT2D eigenvalue weighted by atomic mass is 79.9. The van der Waals surface area contributed by atoms with E-state index in [0.29, 0.717) is 75.6 Å². The molecule has 12 nitrogen and oxygen atoms in total. The van der Waals surface area contributed by atoms with Crippen molar-refractivity contribution in [3.8, 4) is 0 Å². The van der Waals surface area contributed by atoms with Crippen molar-refractivity contribution in [2.24, 2.45) is 0 Å². The van der Waals surface area contributed by atoms with Crippen LogP contribution in [0.1, 0.15) is 81.5 Å². The Balaban J connectivity index is 0.000000137. The maximum atomic E-state index is 12.6. The van der Waals surface area contributed by atoms with E-state index in [0.717, 1.165) is 48.5 Å². The number of hydrogen-bond acceptors (Lipinski definition) is 10. The average molecular weight is 1060 g/mol. The summed E-state index contributed by atoms with van der Waals surface area (Å²) >= 11 is 27.8. The van der Waals surface area contributed by atoms with Crippen LogP contribution in [-0.4, -0.2) is 42.1 Å². The first-order valence-electron chi connectivity index (χ1n) is 17.9. The van der Waals surface area contributed by atoms with Crippen molar-refractivity contribution in [1.29, 1.82) is 0 Å². The first kappa shape index (κ1) is 43.3. The van der Waals surface area contributed by atoms with E-state index >= 15 is 0 Å². The summed E-state index contributed by atoms with van der Waals surface area (Å²) in [5, 5.41) is 23.0. The quantitative estimate of drug-likeness (QED) is 0.120. The zero-order valence-corrected chi connectivity index (χ0v) is 37.6. The lowest BCUT2D eigenvalue weighted by Gasteiger charge is -2.06. The minimum Gasteiger partial charge on any atom is -0.287 e. The molecule has 0 bridgehead atoms. The molecule has 60 heavy (non-hydrogen) atoms. The summed E-state index contributed by atoms with van der Waals surface area (Å²) in [7, 11) is 0. The van der Waals surface area contributed by atoms with Crippen LogP contribution in [-0.2, 0) is 38.5 Å². The number of nitrogens with zero attached hydrogens (tertiary/aromatic N) is 5. The Bertz CT molecular complexity index is 2770. The minimum absolute atomic E-state index is 0.0123. The number of carbonyl (C=O) groups is 3. The zero-order valence-electron chi connectivity index (χ0n) is 30.6. The molecule has 0 radical (unpaired) electrons. The van der Waals surface area contributed by atoms with Gasteiger partial charge in [-0.15, -0.1) is 0 Å². The number of fused-ring (bicyclic) bond motifs is 6. The first-order chi connectivity index (χ1) is 28.6. The predicted octanol–water partition coefficient (Wildman–Crippen LogP) is 11.3. The number of ketones is 3. The molecule has 0 unspecified atom stereocenters. The largest absolute Gasteiger partial charge is 0.291 e. The number of nitro benzene ring substituents is 2. The van der Waals surface area contributed by atoms with E-state index in [1.165, 1.54) is 24.3 Å². The van der Waals surface area contributed by atoms with Crippen LogP contribution in [0.4, 0.5) is 11.4 Å². The molecule has 3 aliphatic rings. The van der Waals surface area contributed by atoms with Gasteiger partial charge in [0.05, 0.1) is 9.85 Å². The minimum atomic E-state index is -0.587. The van der Waals surface area contributed by atoms with Gasteiger partial charge in [-0.25, -0.2) is 0 Å². The molecule has 0 atom stereocenters. The Morgan fingerprint density at radius 3 is 1.47 bits per heavy atom. The maximum Gasteiger partial charge on any atom is 0.291 e. The molecule has 6 aromatic rings. The van der Waals surface area contributed by atoms with Gasteiger partial charge in [-0.1, -0.05) is 34.8 Å². The fourth-order valence-corrected chi connectivity index (χ4v) is 9.06. The lowest BCUT2D eigenvalue weighted by molar-refractivity contribution is -0.385. The standard InChI is InChI=1S/2C14H8BrClN2O3.C14H9BrClNO/c15-9-3-8-2-1-7-4-11(16)12(18(20)21)5-10(7)14(19)13(8)17-6-9;15-8-5-7-1-2-9-10(14(19)12(7)17-6-8)3-4-11(16)13(9)18(20)21;15-10-5-9-2-1-8-6-11(16)3-4-12(8)14(18)13(9)17-7-10/h2*3-6H,1-2H2;3-7H,1-2H2. The molecule has 0 amide bonds. The van der Waals surface area contributed by atoms with Gasteiger partial charge >= 0.3 is 0 Å². The van der Waals surface area contributed by atoms with Gasteiger partial charge in [-0.3, -0.25) is 49.6 Å². The number of benzene rings is 3. The van der Waals surface area contributed by atoms with Gasteiger partial charge in [0.1, 0.15) is 27.1 Å². The molecule has 18 heteroatoms. The highest BCUT2D eigenvalue weighted by Crippen LogP contribution is 2.36. The molecule has 3 heterocycles. The number of aryl methyl sites for hydroxylation is 5. The second-order valence-electron chi connectivity index (χ2n) is 13.7. The van der Waals surface area contributed by atoms with Crippen LogP contribution in [0, 0.1) is 20.2 Å². The molecule has 9 rings (SSSR count). The first-order valence-corrected chi connectivity index (χ1v) is 21.4. The van der Waals surface area contributed by atoms with Gasteiger partial charge in [0.25, 0.3) is 11.4 Å². The Hall–Kier alpha value is -4.77. The van der Waals surface area contributed by atoms with Crippen LogP contribution in [0.3, 0.4) is 0 Å². The third kappa shape index (κ3) is 8.97. The van der Waals surface area contributed by atoms with Crippen LogP contribution < -0.4 is 0 Å². The van der Waals surface area contributed by atoms with Gasteiger partial charge in [0, 0.05) is 65.4 Å². The van der Waals surface area contributed by atoms with Crippen molar-refractivity contribution >= 4 is 111 Å². The molecule has 0 saturated heterocycles. The summed E-state index contributed by atoms with van der Waals surface area (Å²) in [4.78, 5) is 71.2. The van der Waals surface area contributed by atoms with Gasteiger partial charge in [-0.2, -0.15) is 0 Å². The number of halogens is 6. The summed E-state index contributed by atoms with van der Waals surface area (Å²) in [6.45, 7) is 0. The second-order valence-corrected chi connectivity index (χ2v) is 17.7. The monoisotopic (exact) mass is 1050 g/mol. The molecule has 302 valence electrons. The highest BCUT2D eigenvalue weighted by Gasteiger charge is 2.31. The Kier molecular flexibility index (Phi) is 13.0. The van der Waals surface area contributed by atoms with Crippen LogP contribution in [0.2, 0.25) is 15.1 Å². The number of nitro groups is 2. The maximum absolute atomic E-state index is 12.6. The third-order valence-electron chi connectivity index (χ3n) is 10.0. The second kappa shape index (κ2) is 18.1. The zero-order chi connectivity index (χ0) is 43.0. The van der Waals surface area contributed by atoms with Crippen molar-refractivity contribution in [2.45, 2.75) is 38.5 Å². The normalized spacial score (nSPS) is 13.5. The summed E-state index contributed by atoms with van der Waals surface area (Å²) in [6.07, 6.45) is 8.48. The van der Waals surface area contributed by atoms with E-state index in [-0.39, 0.29) is 38.8 Å². The Morgan fingerprint density at radius 1 is 0.500 bits per heavy atom. The summed E-state index contributed by atoms with van der Waals surface area (Å²) < 4.78 is 2.47. The summed E-state index contributed by atoms with van der Waals surface area (Å²) in [5.41, 5.74) is 6.80. The lowest BCUT2D eigenvalue weighted by Crippen LogP contribution is -2.08. The SMILES string of the molecule is O=C1c2cc([N+](=O)[O-])c(Cl)cc2CCc2cc(Br)cnc21.O=C1c2ccc(Cl)c([N+](=O)[O-])c2CCc2cc(Br)cnc21.O=C1c2ccc(Cl)cc2CCc2cc(Br)cnc21. The number of hydrogen-bond donors (Lipinski definition) is 0. The van der Waals surface area contributed by atoms with Gasteiger partial charge in [-0.05, 0) is 169 Å². The van der Waals surface area contributed by atoms with Crippen molar-refractivity contribution < 1.29 is 24.2 Å². The van der Waals surface area contributed by atoms with Gasteiger partial charge in [0.2, 0.25) is 17.3 Å². The van der Waals surface area contributed by atoms with Crippen LogP contribution in [0.25, 0.3) is 0 Å². The summed E-state index contributed by atoms with van der Waals surface area (Å²) in [6, 6.07) is 16.7. The molecular formula is C42H25Br3Cl3N5O7. The van der Waals surface area contributed by atoms with E-state index in [4.69, 9.17) is 34.8 Å². The molecule has 0 N–H and O–H groups in total. The summed E-state index contributed by atoms with van der Waals surface area (Å²) in [5.74, 6) is -0.615. The van der Waals surface area contributed by atoms with E-state index in [1.54, 1.807) is 30.7 Å². The molecule has 3 aliphatic carbocycles. The predicted molar refractivity (Wildman–Crippen MR) is 236 cm³/mol. The topological polar surface area (TPSA) is 176 Å². The molecule has 0 aliphatic heterocycles. The Labute approximate surface area is 381 Å². The van der Waals surface area contributed by atoms with Gasteiger partial charge in [0.15, 0.2) is 0 Å². The molecule has 3 aromatic carbocycles. The molecule has 0 saturated carbocycles. The van der Waals surface area contributed by atoms with Gasteiger partial charge < -0.3 is 0 Å². The average Bonchev–Trinajstić information content (AvgIpc) is 3.50. The van der Waals surface area contributed by atoms with E-state index in [1.807, 2.05) is 24.3 Å². The number of pyridine rings is 3. The number of carbonyl (C=O) groups excluding carboxylic acids is 3. The van der Waals surface area contributed by atoms with E-state index in [9.17, 15) is 34.6 Å². The van der Waals surface area contributed by atoms with Crippen molar-refractivity contribution in [1.82, 2.24) is 15.0 Å². The lowest BCUT2D eigenvalue weighted by atomic mass is 10.00. The van der Waals surface area contributed by atoms with Crippen molar-refractivity contribution in [3.05, 3.63) is 195 Å². The van der Waals surface area contributed by atoms with Crippen molar-refractivity contribution in [2.75, 3.05) is 0 Å². The molecule has 0 spiro atoms. The molecular weight excluding hydrogens is 1030 g/mol. The van der Waals surface area contributed by atoms with Crippen LogP contribution in [0.15, 0.2) is 92.7 Å². The highest BCUT2D eigenvalue weighted by molar-refractivity contribution is 9.11. The molecule has 0 fully saturated rings. The molecule has 3 aromatic heterocycles. The smallest absolute Gasteiger partial charge is 0.287 e. The van der Waals surface area contributed by atoms with E-state index < -0.39 is 9.85 Å². The third-order valence-corrected chi connectivity index (χ3v) is 12.1.